The summed E-state index contributed by atoms with van der Waals surface area (Å²) in [4.78, 5) is 22.9. The van der Waals surface area contributed by atoms with Crippen LogP contribution in [0.4, 0.5) is 5.82 Å². The number of aryl methyl sites for hydroxylation is 2. The summed E-state index contributed by atoms with van der Waals surface area (Å²) in [5, 5.41) is 8.71. The molecule has 3 heterocycles. The molecule has 1 aliphatic rings. The van der Waals surface area contributed by atoms with Crippen LogP contribution in [0.2, 0.25) is 0 Å². The molecule has 0 spiro atoms. The topological polar surface area (TPSA) is 75.9 Å². The van der Waals surface area contributed by atoms with Crippen LogP contribution >= 0.6 is 0 Å². The standard InChI is InChI=1S/C19H22N6O/c1-12-5-4-6-15-17(12)21-11-22-19(15)20-8-13-7-16(26)25(3)18(13)14-9-23-24(2)10-14/h4-6,9-11,13,18H,7-8H2,1-3H3,(H,20,21,22)/t13-,18+/m0/s1. The molecule has 134 valence electrons. The highest BCUT2D eigenvalue weighted by Crippen LogP contribution is 2.37. The highest BCUT2D eigenvalue weighted by Gasteiger charge is 2.39. The van der Waals surface area contributed by atoms with Gasteiger partial charge in [0.25, 0.3) is 0 Å². The number of amides is 1. The van der Waals surface area contributed by atoms with Gasteiger partial charge in [-0.2, -0.15) is 5.10 Å². The van der Waals surface area contributed by atoms with Gasteiger partial charge in [0.2, 0.25) is 5.91 Å². The monoisotopic (exact) mass is 350 g/mol. The second kappa shape index (κ2) is 6.40. The molecule has 26 heavy (non-hydrogen) atoms. The summed E-state index contributed by atoms with van der Waals surface area (Å²) in [6, 6.07) is 6.10. The summed E-state index contributed by atoms with van der Waals surface area (Å²) >= 11 is 0. The fourth-order valence-electron chi connectivity index (χ4n) is 3.83. The predicted molar refractivity (Wildman–Crippen MR) is 99.6 cm³/mol. The second-order valence-electron chi connectivity index (χ2n) is 6.94. The van der Waals surface area contributed by atoms with Crippen molar-refractivity contribution in [1.82, 2.24) is 24.6 Å². The lowest BCUT2D eigenvalue weighted by Gasteiger charge is -2.24. The van der Waals surface area contributed by atoms with E-state index in [0.29, 0.717) is 13.0 Å². The molecule has 1 aromatic carbocycles. The van der Waals surface area contributed by atoms with E-state index in [9.17, 15) is 4.79 Å². The number of anilines is 1. The third kappa shape index (κ3) is 2.79. The lowest BCUT2D eigenvalue weighted by molar-refractivity contribution is -0.127. The molecule has 3 aromatic rings. The number of hydrogen-bond acceptors (Lipinski definition) is 5. The van der Waals surface area contributed by atoms with E-state index in [1.165, 1.54) is 0 Å². The zero-order chi connectivity index (χ0) is 18.3. The van der Waals surface area contributed by atoms with Crippen LogP contribution in [0.1, 0.15) is 23.6 Å². The van der Waals surface area contributed by atoms with Crippen molar-refractivity contribution in [1.29, 1.82) is 0 Å². The molecule has 0 aliphatic carbocycles. The van der Waals surface area contributed by atoms with Gasteiger partial charge in [-0.1, -0.05) is 12.1 Å². The minimum Gasteiger partial charge on any atom is -0.369 e. The number of carbonyl (C=O) groups excluding carboxylic acids is 1. The average molecular weight is 350 g/mol. The minimum absolute atomic E-state index is 0.0264. The van der Waals surface area contributed by atoms with Gasteiger partial charge in [0.15, 0.2) is 0 Å². The van der Waals surface area contributed by atoms with E-state index in [-0.39, 0.29) is 17.9 Å². The third-order valence-corrected chi connectivity index (χ3v) is 5.16. The SMILES string of the molecule is Cc1cccc2c(NC[C@@H]3CC(=O)N(C)[C@H]3c3cnn(C)c3)ncnc12. The third-order valence-electron chi connectivity index (χ3n) is 5.16. The Morgan fingerprint density at radius 1 is 1.27 bits per heavy atom. The van der Waals surface area contributed by atoms with Crippen LogP contribution in [0.3, 0.4) is 0 Å². The van der Waals surface area contributed by atoms with Crippen molar-refractivity contribution in [2.75, 3.05) is 18.9 Å². The zero-order valence-corrected chi connectivity index (χ0v) is 15.2. The summed E-state index contributed by atoms with van der Waals surface area (Å²) in [7, 11) is 3.76. The van der Waals surface area contributed by atoms with Gasteiger partial charge in [-0.15, -0.1) is 0 Å². The number of likely N-dealkylation sites (tertiary alicyclic amines) is 1. The van der Waals surface area contributed by atoms with Gasteiger partial charge in [0, 0.05) is 50.1 Å². The fraction of sp³-hybridized carbons (Fsp3) is 0.368. The van der Waals surface area contributed by atoms with Crippen LogP contribution < -0.4 is 5.32 Å². The van der Waals surface area contributed by atoms with E-state index in [0.717, 1.165) is 27.8 Å². The van der Waals surface area contributed by atoms with Gasteiger partial charge >= 0.3 is 0 Å². The van der Waals surface area contributed by atoms with Crippen molar-refractivity contribution in [3.8, 4) is 0 Å². The quantitative estimate of drug-likeness (QED) is 0.781. The summed E-state index contributed by atoms with van der Waals surface area (Å²) in [5.41, 5.74) is 3.14. The molecule has 0 radical (unpaired) electrons. The Bertz CT molecular complexity index is 966. The Hall–Kier alpha value is -2.96. The first-order valence-electron chi connectivity index (χ1n) is 8.73. The molecular formula is C19H22N6O. The summed E-state index contributed by atoms with van der Waals surface area (Å²) in [6.45, 7) is 2.71. The number of aromatic nitrogens is 4. The van der Waals surface area contributed by atoms with Crippen molar-refractivity contribution >= 4 is 22.6 Å². The van der Waals surface area contributed by atoms with Crippen molar-refractivity contribution in [2.45, 2.75) is 19.4 Å². The van der Waals surface area contributed by atoms with Gasteiger partial charge in [0.05, 0.1) is 17.8 Å². The van der Waals surface area contributed by atoms with Crippen LogP contribution in [0, 0.1) is 12.8 Å². The number of hydrogen-bond donors (Lipinski definition) is 1. The normalized spacial score (nSPS) is 20.1. The maximum absolute atomic E-state index is 12.3. The minimum atomic E-state index is 0.0264. The molecule has 4 rings (SSSR count). The smallest absolute Gasteiger partial charge is 0.223 e. The van der Waals surface area contributed by atoms with Gasteiger partial charge in [-0.05, 0) is 18.6 Å². The molecule has 0 unspecified atom stereocenters. The molecule has 7 heteroatoms. The zero-order valence-electron chi connectivity index (χ0n) is 15.2. The Balaban J connectivity index is 1.59. The van der Waals surface area contributed by atoms with Crippen LogP contribution in [0.5, 0.6) is 0 Å². The first-order valence-corrected chi connectivity index (χ1v) is 8.73. The Morgan fingerprint density at radius 3 is 2.88 bits per heavy atom. The van der Waals surface area contributed by atoms with Gasteiger partial charge < -0.3 is 10.2 Å². The molecule has 1 saturated heterocycles. The van der Waals surface area contributed by atoms with Gasteiger partial charge in [-0.3, -0.25) is 9.48 Å². The van der Waals surface area contributed by atoms with E-state index in [4.69, 9.17) is 0 Å². The maximum Gasteiger partial charge on any atom is 0.223 e. The lowest BCUT2D eigenvalue weighted by Crippen LogP contribution is -2.26. The molecule has 1 aliphatic heterocycles. The molecule has 1 amide bonds. The fourth-order valence-corrected chi connectivity index (χ4v) is 3.83. The van der Waals surface area contributed by atoms with Crippen LogP contribution in [0.15, 0.2) is 36.9 Å². The molecule has 0 saturated carbocycles. The molecule has 0 bridgehead atoms. The predicted octanol–water partition coefficient (Wildman–Crippen LogP) is 2.30. The number of carbonyl (C=O) groups is 1. The van der Waals surface area contributed by atoms with E-state index >= 15 is 0 Å². The molecule has 2 atom stereocenters. The molecule has 7 nitrogen and oxygen atoms in total. The number of rotatable bonds is 4. The first kappa shape index (κ1) is 16.5. The molecule has 2 aromatic heterocycles. The van der Waals surface area contributed by atoms with E-state index in [1.54, 1.807) is 11.0 Å². The van der Waals surface area contributed by atoms with E-state index < -0.39 is 0 Å². The first-order chi connectivity index (χ1) is 12.5. The summed E-state index contributed by atoms with van der Waals surface area (Å²) < 4.78 is 1.77. The second-order valence-corrected chi connectivity index (χ2v) is 6.94. The van der Waals surface area contributed by atoms with E-state index in [2.05, 4.69) is 20.4 Å². The summed E-state index contributed by atoms with van der Waals surface area (Å²) in [6.07, 6.45) is 5.93. The molecule has 1 fully saturated rings. The Morgan fingerprint density at radius 2 is 2.12 bits per heavy atom. The van der Waals surface area contributed by atoms with Crippen LogP contribution in [-0.2, 0) is 11.8 Å². The molecular weight excluding hydrogens is 328 g/mol. The molecule has 1 N–H and O–H groups in total. The van der Waals surface area contributed by atoms with Crippen molar-refractivity contribution < 1.29 is 4.79 Å². The van der Waals surface area contributed by atoms with Gasteiger partial charge in [-0.25, -0.2) is 9.97 Å². The number of nitrogens with one attached hydrogen (secondary N) is 1. The van der Waals surface area contributed by atoms with Crippen LogP contribution in [0.25, 0.3) is 10.9 Å². The van der Waals surface area contributed by atoms with Crippen molar-refractivity contribution in [2.24, 2.45) is 13.0 Å². The van der Waals surface area contributed by atoms with Crippen molar-refractivity contribution in [3.63, 3.8) is 0 Å². The lowest BCUT2D eigenvalue weighted by atomic mass is 9.95. The van der Waals surface area contributed by atoms with E-state index in [1.807, 2.05) is 56.5 Å². The van der Waals surface area contributed by atoms with Crippen LogP contribution in [-0.4, -0.2) is 44.1 Å². The van der Waals surface area contributed by atoms with Crippen molar-refractivity contribution in [3.05, 3.63) is 48.0 Å². The highest BCUT2D eigenvalue weighted by molar-refractivity contribution is 5.90. The number of para-hydroxylation sites is 1. The van der Waals surface area contributed by atoms with Gasteiger partial charge in [0.1, 0.15) is 12.1 Å². The Kier molecular flexibility index (Phi) is 4.06. The number of fused-ring (bicyclic) bond motifs is 1. The Labute approximate surface area is 152 Å². The number of benzene rings is 1. The maximum atomic E-state index is 12.3. The summed E-state index contributed by atoms with van der Waals surface area (Å²) in [5.74, 6) is 1.13. The number of nitrogens with zero attached hydrogens (tertiary/aromatic N) is 5. The highest BCUT2D eigenvalue weighted by atomic mass is 16.2. The average Bonchev–Trinajstić information content (AvgIpc) is 3.17. The largest absolute Gasteiger partial charge is 0.369 e.